The van der Waals surface area contributed by atoms with Gasteiger partial charge in [-0.1, -0.05) is 49.1 Å². The van der Waals surface area contributed by atoms with Crippen LogP contribution >= 0.6 is 23.4 Å². The summed E-state index contributed by atoms with van der Waals surface area (Å²) in [5.74, 6) is -0.153. The van der Waals surface area contributed by atoms with E-state index in [1.54, 1.807) is 36.9 Å². The number of amides is 2. The van der Waals surface area contributed by atoms with Gasteiger partial charge in [0.05, 0.1) is 0 Å². The maximum atomic E-state index is 14.3. The van der Waals surface area contributed by atoms with Gasteiger partial charge in [0, 0.05) is 40.2 Å². The molecule has 0 heterocycles. The van der Waals surface area contributed by atoms with Crippen LogP contribution in [0.25, 0.3) is 0 Å². The fourth-order valence-electron chi connectivity index (χ4n) is 3.89. The third kappa shape index (κ3) is 7.24. The number of rotatable bonds is 9. The van der Waals surface area contributed by atoms with E-state index in [0.717, 1.165) is 30.6 Å². The fourth-order valence-corrected chi connectivity index (χ4v) is 4.86. The minimum atomic E-state index is -0.676. The molecule has 1 saturated carbocycles. The molecule has 1 N–H and O–H groups in total. The summed E-state index contributed by atoms with van der Waals surface area (Å²) in [7, 11) is 0. The standard InChI is InChI=1S/C25H30ClFN2O2S/c1-18(25(31)28-21-8-3-2-4-9-21)29(17-19-7-5-6-10-23(19)27)24(30)15-16-32-22-13-11-20(26)12-14-22/h5-7,10-14,18,21H,2-4,8-9,15-17H2,1H3,(H,28,31). The van der Waals surface area contributed by atoms with Gasteiger partial charge in [0.2, 0.25) is 11.8 Å². The summed E-state index contributed by atoms with van der Waals surface area (Å²) in [5, 5.41) is 3.76. The highest BCUT2D eigenvalue weighted by molar-refractivity contribution is 7.99. The van der Waals surface area contributed by atoms with Gasteiger partial charge in [-0.05, 0) is 50.1 Å². The number of carbonyl (C=O) groups excluding carboxylic acids is 2. The van der Waals surface area contributed by atoms with Crippen molar-refractivity contribution in [3.8, 4) is 0 Å². The molecule has 1 fully saturated rings. The van der Waals surface area contributed by atoms with Crippen molar-refractivity contribution in [2.24, 2.45) is 0 Å². The van der Waals surface area contributed by atoms with Crippen molar-refractivity contribution >= 4 is 35.2 Å². The van der Waals surface area contributed by atoms with E-state index >= 15 is 0 Å². The molecule has 1 aliphatic rings. The fraction of sp³-hybridized carbons (Fsp3) is 0.440. The van der Waals surface area contributed by atoms with E-state index in [1.807, 2.05) is 24.3 Å². The zero-order chi connectivity index (χ0) is 22.9. The number of benzene rings is 2. The first-order valence-electron chi connectivity index (χ1n) is 11.2. The molecule has 1 aliphatic carbocycles. The molecule has 32 heavy (non-hydrogen) atoms. The second kappa shape index (κ2) is 12.3. The van der Waals surface area contributed by atoms with E-state index in [-0.39, 0.29) is 36.6 Å². The number of carbonyl (C=O) groups is 2. The van der Waals surface area contributed by atoms with Gasteiger partial charge in [0.1, 0.15) is 11.9 Å². The average molecular weight is 477 g/mol. The Kier molecular flexibility index (Phi) is 9.42. The van der Waals surface area contributed by atoms with Crippen molar-refractivity contribution in [2.75, 3.05) is 5.75 Å². The van der Waals surface area contributed by atoms with Gasteiger partial charge in [-0.25, -0.2) is 4.39 Å². The highest BCUT2D eigenvalue weighted by atomic mass is 35.5. The van der Waals surface area contributed by atoms with Crippen LogP contribution in [0.4, 0.5) is 4.39 Å². The van der Waals surface area contributed by atoms with Crippen LogP contribution in [0.3, 0.4) is 0 Å². The number of nitrogens with one attached hydrogen (secondary N) is 1. The summed E-state index contributed by atoms with van der Waals surface area (Å²) in [5.41, 5.74) is 0.406. The molecule has 2 amide bonds. The Hall–Kier alpha value is -2.05. The highest BCUT2D eigenvalue weighted by Crippen LogP contribution is 2.23. The second-order valence-electron chi connectivity index (χ2n) is 8.18. The molecule has 2 aromatic rings. The molecule has 0 spiro atoms. The van der Waals surface area contributed by atoms with Crippen LogP contribution in [0.1, 0.15) is 51.0 Å². The lowest BCUT2D eigenvalue weighted by Crippen LogP contribution is -2.50. The van der Waals surface area contributed by atoms with Gasteiger partial charge in [-0.15, -0.1) is 11.8 Å². The number of hydrogen-bond acceptors (Lipinski definition) is 3. The first kappa shape index (κ1) is 24.6. The molecule has 172 valence electrons. The number of thioether (sulfide) groups is 1. The summed E-state index contributed by atoms with van der Waals surface area (Å²) < 4.78 is 14.3. The summed E-state index contributed by atoms with van der Waals surface area (Å²) in [4.78, 5) is 28.6. The molecular weight excluding hydrogens is 447 g/mol. The van der Waals surface area contributed by atoms with Gasteiger partial charge in [-0.3, -0.25) is 9.59 Å². The third-order valence-electron chi connectivity index (χ3n) is 5.82. The lowest BCUT2D eigenvalue weighted by Gasteiger charge is -2.31. The summed E-state index contributed by atoms with van der Waals surface area (Å²) in [6.07, 6.45) is 5.61. The molecule has 0 radical (unpaired) electrons. The Bertz CT molecular complexity index is 903. The van der Waals surface area contributed by atoms with Crippen LogP contribution in [0.5, 0.6) is 0 Å². The smallest absolute Gasteiger partial charge is 0.242 e. The quantitative estimate of drug-likeness (QED) is 0.463. The molecule has 2 aromatic carbocycles. The van der Waals surface area contributed by atoms with Crippen LogP contribution in [-0.2, 0) is 16.1 Å². The van der Waals surface area contributed by atoms with Crippen molar-refractivity contribution in [1.29, 1.82) is 0 Å². The lowest BCUT2D eigenvalue weighted by atomic mass is 9.95. The Balaban J connectivity index is 1.65. The van der Waals surface area contributed by atoms with Crippen LogP contribution in [0.15, 0.2) is 53.4 Å². The first-order valence-corrected chi connectivity index (χ1v) is 12.5. The van der Waals surface area contributed by atoms with E-state index in [1.165, 1.54) is 17.4 Å². The minimum Gasteiger partial charge on any atom is -0.352 e. The van der Waals surface area contributed by atoms with Crippen LogP contribution in [-0.4, -0.2) is 34.6 Å². The molecule has 0 saturated heterocycles. The molecule has 4 nitrogen and oxygen atoms in total. The zero-order valence-electron chi connectivity index (χ0n) is 18.4. The van der Waals surface area contributed by atoms with Crippen molar-refractivity contribution in [3.63, 3.8) is 0 Å². The second-order valence-corrected chi connectivity index (χ2v) is 9.79. The highest BCUT2D eigenvalue weighted by Gasteiger charge is 2.28. The Morgan fingerprint density at radius 2 is 1.81 bits per heavy atom. The van der Waals surface area contributed by atoms with Crippen LogP contribution in [0, 0.1) is 5.82 Å². The van der Waals surface area contributed by atoms with E-state index in [9.17, 15) is 14.0 Å². The normalized spacial score (nSPS) is 15.2. The van der Waals surface area contributed by atoms with E-state index in [4.69, 9.17) is 11.6 Å². The first-order chi connectivity index (χ1) is 15.4. The summed E-state index contributed by atoms with van der Waals surface area (Å²) >= 11 is 7.48. The lowest BCUT2D eigenvalue weighted by molar-refractivity contribution is -0.140. The monoisotopic (exact) mass is 476 g/mol. The maximum Gasteiger partial charge on any atom is 0.242 e. The van der Waals surface area contributed by atoms with Crippen molar-refractivity contribution < 1.29 is 14.0 Å². The number of halogens is 2. The Labute approximate surface area is 198 Å². The van der Waals surface area contributed by atoms with E-state index < -0.39 is 6.04 Å². The average Bonchev–Trinajstić information content (AvgIpc) is 2.80. The molecule has 0 bridgehead atoms. The van der Waals surface area contributed by atoms with E-state index in [0.29, 0.717) is 16.3 Å². The maximum absolute atomic E-state index is 14.3. The third-order valence-corrected chi connectivity index (χ3v) is 7.08. The largest absolute Gasteiger partial charge is 0.352 e. The van der Waals surface area contributed by atoms with E-state index in [2.05, 4.69) is 5.32 Å². The molecule has 7 heteroatoms. The topological polar surface area (TPSA) is 49.4 Å². The van der Waals surface area contributed by atoms with Gasteiger partial charge in [0.15, 0.2) is 0 Å². The number of nitrogens with zero attached hydrogens (tertiary/aromatic N) is 1. The Morgan fingerprint density at radius 1 is 1.12 bits per heavy atom. The molecule has 0 aliphatic heterocycles. The zero-order valence-corrected chi connectivity index (χ0v) is 19.9. The summed E-state index contributed by atoms with van der Waals surface area (Å²) in [6.45, 7) is 1.79. The van der Waals surface area contributed by atoms with Gasteiger partial charge >= 0.3 is 0 Å². The predicted molar refractivity (Wildman–Crippen MR) is 128 cm³/mol. The van der Waals surface area contributed by atoms with Gasteiger partial charge in [0.25, 0.3) is 0 Å². The SMILES string of the molecule is CC(C(=O)NC1CCCCC1)N(Cc1ccccc1F)C(=O)CCSc1ccc(Cl)cc1. The molecular formula is C25H30ClFN2O2S. The van der Waals surface area contributed by atoms with Crippen molar-refractivity contribution in [2.45, 2.75) is 69.0 Å². The molecule has 0 aromatic heterocycles. The molecule has 1 unspecified atom stereocenters. The summed E-state index contributed by atoms with van der Waals surface area (Å²) in [6, 6.07) is 13.3. The van der Waals surface area contributed by atoms with Crippen molar-refractivity contribution in [1.82, 2.24) is 10.2 Å². The molecule has 3 rings (SSSR count). The predicted octanol–water partition coefficient (Wildman–Crippen LogP) is 5.83. The van der Waals surface area contributed by atoms with Gasteiger partial charge < -0.3 is 10.2 Å². The van der Waals surface area contributed by atoms with Crippen molar-refractivity contribution in [3.05, 3.63) is 64.9 Å². The minimum absolute atomic E-state index is 0.0658. The van der Waals surface area contributed by atoms with Crippen LogP contribution in [0.2, 0.25) is 5.02 Å². The van der Waals surface area contributed by atoms with Gasteiger partial charge in [-0.2, -0.15) is 0 Å². The Morgan fingerprint density at radius 3 is 2.50 bits per heavy atom. The molecule has 1 atom stereocenters. The number of hydrogen-bond donors (Lipinski definition) is 1. The van der Waals surface area contributed by atoms with Crippen LogP contribution < -0.4 is 5.32 Å².